The first-order valence-electron chi connectivity index (χ1n) is 7.12. The van der Waals surface area contributed by atoms with E-state index in [1.807, 2.05) is 30.3 Å². The van der Waals surface area contributed by atoms with Crippen LogP contribution in [0.2, 0.25) is 0 Å². The molecule has 0 amide bonds. The molecule has 0 spiro atoms. The van der Waals surface area contributed by atoms with Crippen LogP contribution in [0.25, 0.3) is 0 Å². The molecule has 1 aliphatic rings. The number of rotatable bonds is 5. The van der Waals surface area contributed by atoms with Crippen molar-refractivity contribution in [3.63, 3.8) is 0 Å². The molecular formula is C15H21NO4S. The van der Waals surface area contributed by atoms with Crippen molar-refractivity contribution < 1.29 is 17.9 Å². The Morgan fingerprint density at radius 1 is 1.33 bits per heavy atom. The summed E-state index contributed by atoms with van der Waals surface area (Å²) in [4.78, 5) is 11.6. The summed E-state index contributed by atoms with van der Waals surface area (Å²) in [5, 5.41) is 0. The Labute approximate surface area is 126 Å². The van der Waals surface area contributed by atoms with Gasteiger partial charge in [-0.1, -0.05) is 30.3 Å². The van der Waals surface area contributed by atoms with Crippen LogP contribution in [0, 0.1) is 5.92 Å². The van der Waals surface area contributed by atoms with Crippen LogP contribution in [0.4, 0.5) is 0 Å². The third kappa shape index (κ3) is 4.28. The first-order chi connectivity index (χ1) is 10.0. The second kappa shape index (κ2) is 7.04. The SMILES string of the molecule is COC(=O)C1CCCN(S(=O)(=O)CCc2ccccc2)C1. The van der Waals surface area contributed by atoms with Crippen molar-refractivity contribution in [2.24, 2.45) is 5.92 Å². The average Bonchev–Trinajstić information content (AvgIpc) is 2.53. The molecule has 1 saturated heterocycles. The minimum absolute atomic E-state index is 0.0743. The van der Waals surface area contributed by atoms with Gasteiger partial charge in [0.1, 0.15) is 0 Å². The molecule has 1 aromatic rings. The molecule has 116 valence electrons. The van der Waals surface area contributed by atoms with E-state index >= 15 is 0 Å². The first kappa shape index (κ1) is 16.0. The fourth-order valence-corrected chi connectivity index (χ4v) is 4.14. The highest BCUT2D eigenvalue weighted by Crippen LogP contribution is 2.21. The van der Waals surface area contributed by atoms with E-state index in [0.29, 0.717) is 25.8 Å². The van der Waals surface area contributed by atoms with Gasteiger partial charge in [-0.05, 0) is 24.8 Å². The molecule has 1 aliphatic heterocycles. The highest BCUT2D eigenvalue weighted by Gasteiger charge is 2.32. The van der Waals surface area contributed by atoms with Crippen LogP contribution >= 0.6 is 0 Å². The largest absolute Gasteiger partial charge is 0.469 e. The van der Waals surface area contributed by atoms with Gasteiger partial charge in [-0.3, -0.25) is 4.79 Å². The molecule has 1 heterocycles. The lowest BCUT2D eigenvalue weighted by molar-refractivity contribution is -0.146. The van der Waals surface area contributed by atoms with Gasteiger partial charge in [0.2, 0.25) is 10.0 Å². The number of hydrogen-bond donors (Lipinski definition) is 0. The summed E-state index contributed by atoms with van der Waals surface area (Å²) in [5.74, 6) is -0.585. The zero-order chi connectivity index (χ0) is 15.3. The fraction of sp³-hybridized carbons (Fsp3) is 0.533. The Morgan fingerprint density at radius 2 is 2.05 bits per heavy atom. The number of nitrogens with zero attached hydrogens (tertiary/aromatic N) is 1. The molecular weight excluding hydrogens is 290 g/mol. The van der Waals surface area contributed by atoms with Gasteiger partial charge < -0.3 is 4.74 Å². The van der Waals surface area contributed by atoms with Gasteiger partial charge >= 0.3 is 5.97 Å². The predicted octanol–water partition coefficient (Wildman–Crippen LogP) is 1.44. The molecule has 0 saturated carbocycles. The molecule has 0 radical (unpaired) electrons. The lowest BCUT2D eigenvalue weighted by Gasteiger charge is -2.30. The van der Waals surface area contributed by atoms with E-state index in [0.717, 1.165) is 5.56 Å². The van der Waals surface area contributed by atoms with Gasteiger partial charge in [0.15, 0.2) is 0 Å². The van der Waals surface area contributed by atoms with E-state index in [9.17, 15) is 13.2 Å². The van der Waals surface area contributed by atoms with Gasteiger partial charge in [0, 0.05) is 13.1 Å². The van der Waals surface area contributed by atoms with E-state index in [2.05, 4.69) is 0 Å². The molecule has 1 unspecified atom stereocenters. The summed E-state index contributed by atoms with van der Waals surface area (Å²) >= 11 is 0. The number of aryl methyl sites for hydroxylation is 1. The van der Waals surface area contributed by atoms with Gasteiger partial charge in [0.05, 0.1) is 18.8 Å². The number of methoxy groups -OCH3 is 1. The molecule has 5 nitrogen and oxygen atoms in total. The molecule has 1 atom stereocenters. The van der Waals surface area contributed by atoms with Crippen LogP contribution in [-0.2, 0) is 26.0 Å². The highest BCUT2D eigenvalue weighted by atomic mass is 32.2. The minimum Gasteiger partial charge on any atom is -0.469 e. The average molecular weight is 311 g/mol. The number of benzene rings is 1. The first-order valence-corrected chi connectivity index (χ1v) is 8.73. The third-order valence-electron chi connectivity index (χ3n) is 3.80. The normalized spacial score (nSPS) is 20.1. The Hall–Kier alpha value is -1.40. The Bertz CT molecular complexity index is 571. The zero-order valence-electron chi connectivity index (χ0n) is 12.2. The Kier molecular flexibility index (Phi) is 5.36. The summed E-state index contributed by atoms with van der Waals surface area (Å²) in [5.41, 5.74) is 1.00. The standard InChI is InChI=1S/C15H21NO4S/c1-20-15(17)14-8-5-10-16(12-14)21(18,19)11-9-13-6-3-2-4-7-13/h2-4,6-7,14H,5,8-12H2,1H3. The molecule has 21 heavy (non-hydrogen) atoms. The maximum atomic E-state index is 12.4. The van der Waals surface area contributed by atoms with E-state index < -0.39 is 10.0 Å². The second-order valence-corrected chi connectivity index (χ2v) is 7.36. The summed E-state index contributed by atoms with van der Waals surface area (Å²) in [6.45, 7) is 0.731. The number of ether oxygens (including phenoxy) is 1. The molecule has 1 fully saturated rings. The van der Waals surface area contributed by atoms with Gasteiger partial charge in [-0.15, -0.1) is 0 Å². The summed E-state index contributed by atoms with van der Waals surface area (Å²) < 4.78 is 30.9. The zero-order valence-corrected chi connectivity index (χ0v) is 13.0. The van der Waals surface area contributed by atoms with E-state index in [-0.39, 0.29) is 24.2 Å². The smallest absolute Gasteiger partial charge is 0.309 e. The van der Waals surface area contributed by atoms with E-state index in [1.54, 1.807) is 0 Å². The van der Waals surface area contributed by atoms with E-state index in [1.165, 1.54) is 11.4 Å². The van der Waals surface area contributed by atoms with Crippen LogP contribution in [-0.4, -0.2) is 44.6 Å². The van der Waals surface area contributed by atoms with Crippen molar-refractivity contribution in [2.75, 3.05) is 26.0 Å². The van der Waals surface area contributed by atoms with Crippen molar-refractivity contribution in [3.05, 3.63) is 35.9 Å². The number of sulfonamides is 1. The van der Waals surface area contributed by atoms with E-state index in [4.69, 9.17) is 4.74 Å². The second-order valence-electron chi connectivity index (χ2n) is 5.27. The lowest BCUT2D eigenvalue weighted by atomic mass is 10.0. The quantitative estimate of drug-likeness (QED) is 0.772. The number of carbonyl (C=O) groups is 1. The van der Waals surface area contributed by atoms with Gasteiger partial charge in [-0.2, -0.15) is 0 Å². The van der Waals surface area contributed by atoms with Gasteiger partial charge in [-0.25, -0.2) is 12.7 Å². The van der Waals surface area contributed by atoms with Crippen LogP contribution in [0.15, 0.2) is 30.3 Å². The van der Waals surface area contributed by atoms with Gasteiger partial charge in [0.25, 0.3) is 0 Å². The van der Waals surface area contributed by atoms with Crippen molar-refractivity contribution in [2.45, 2.75) is 19.3 Å². The predicted molar refractivity (Wildman–Crippen MR) is 80.2 cm³/mol. The molecule has 0 aromatic heterocycles. The van der Waals surface area contributed by atoms with Crippen molar-refractivity contribution in [3.8, 4) is 0 Å². The summed E-state index contributed by atoms with van der Waals surface area (Å²) in [6.07, 6.45) is 1.88. The molecule has 0 aliphatic carbocycles. The third-order valence-corrected chi connectivity index (χ3v) is 5.64. The van der Waals surface area contributed by atoms with Crippen molar-refractivity contribution in [1.29, 1.82) is 0 Å². The van der Waals surface area contributed by atoms with Crippen molar-refractivity contribution in [1.82, 2.24) is 4.31 Å². The number of hydrogen-bond acceptors (Lipinski definition) is 4. The maximum absolute atomic E-state index is 12.4. The molecule has 0 N–H and O–H groups in total. The number of piperidine rings is 1. The summed E-state index contributed by atoms with van der Waals surface area (Å²) in [6, 6.07) is 9.54. The highest BCUT2D eigenvalue weighted by molar-refractivity contribution is 7.89. The molecule has 2 rings (SSSR count). The Balaban J connectivity index is 1.97. The van der Waals surface area contributed by atoms with Crippen LogP contribution in [0.5, 0.6) is 0 Å². The molecule has 6 heteroatoms. The monoisotopic (exact) mass is 311 g/mol. The minimum atomic E-state index is -3.33. The Morgan fingerprint density at radius 3 is 2.71 bits per heavy atom. The fourth-order valence-electron chi connectivity index (χ4n) is 2.57. The summed E-state index contributed by atoms with van der Waals surface area (Å²) in [7, 11) is -1.99. The van der Waals surface area contributed by atoms with Crippen molar-refractivity contribution >= 4 is 16.0 Å². The van der Waals surface area contributed by atoms with Crippen LogP contribution in [0.3, 0.4) is 0 Å². The number of carbonyl (C=O) groups excluding carboxylic acids is 1. The van der Waals surface area contributed by atoms with Crippen LogP contribution < -0.4 is 0 Å². The lowest BCUT2D eigenvalue weighted by Crippen LogP contribution is -2.43. The maximum Gasteiger partial charge on any atom is 0.309 e. The molecule has 1 aromatic carbocycles. The topological polar surface area (TPSA) is 63.7 Å². The van der Waals surface area contributed by atoms with Crippen LogP contribution in [0.1, 0.15) is 18.4 Å². The number of esters is 1. The molecule has 0 bridgehead atoms.